The summed E-state index contributed by atoms with van der Waals surface area (Å²) in [6, 6.07) is 3.96. The van der Waals surface area contributed by atoms with Crippen molar-refractivity contribution >= 4 is 12.1 Å². The molecular formula is C26H44N2O4. The lowest BCUT2D eigenvalue weighted by molar-refractivity contribution is -0.155. The summed E-state index contributed by atoms with van der Waals surface area (Å²) < 4.78 is 5.84. The number of carboxylic acids is 1. The van der Waals surface area contributed by atoms with Crippen LogP contribution in [0.1, 0.15) is 95.1 Å². The van der Waals surface area contributed by atoms with Crippen molar-refractivity contribution in [3.8, 4) is 0 Å². The smallest absolute Gasteiger partial charge is 0.411 e. The van der Waals surface area contributed by atoms with E-state index in [0.29, 0.717) is 6.42 Å². The Morgan fingerprint density at radius 3 is 1.97 bits per heavy atom. The first kappa shape index (κ1) is 27.9. The number of carbonyl (C=O) groups excluding carboxylic acids is 1. The number of hydrogen-bond donors (Lipinski definition) is 1. The average Bonchev–Trinajstić information content (AvgIpc) is 2.58. The van der Waals surface area contributed by atoms with Gasteiger partial charge in [0.1, 0.15) is 5.60 Å². The van der Waals surface area contributed by atoms with Crippen molar-refractivity contribution in [2.45, 2.75) is 112 Å². The van der Waals surface area contributed by atoms with Crippen LogP contribution in [0.4, 0.5) is 4.79 Å². The Kier molecular flexibility index (Phi) is 7.88. The maximum Gasteiger partial charge on any atom is 0.411 e. The molecule has 1 N–H and O–H groups in total. The Hall–Kier alpha value is -2.11. The predicted molar refractivity (Wildman–Crippen MR) is 129 cm³/mol. The summed E-state index contributed by atoms with van der Waals surface area (Å²) in [5.41, 5.74) is -2.37. The molecule has 0 aliphatic rings. The first-order valence-corrected chi connectivity index (χ1v) is 11.3. The van der Waals surface area contributed by atoms with Gasteiger partial charge in [0, 0.05) is 23.5 Å². The van der Waals surface area contributed by atoms with Gasteiger partial charge in [-0.15, -0.1) is 0 Å². The molecule has 0 saturated carbocycles. The molecule has 182 valence electrons. The molecule has 0 aliphatic carbocycles. The van der Waals surface area contributed by atoms with Crippen LogP contribution in [0, 0.1) is 11.3 Å². The molecule has 6 nitrogen and oxygen atoms in total. The zero-order valence-electron chi connectivity index (χ0n) is 22.2. The lowest BCUT2D eigenvalue weighted by Gasteiger charge is -2.54. The Balaban J connectivity index is 3.54. The highest BCUT2D eigenvalue weighted by molar-refractivity contribution is 5.75. The van der Waals surface area contributed by atoms with Crippen molar-refractivity contribution in [2.24, 2.45) is 11.3 Å². The van der Waals surface area contributed by atoms with E-state index in [-0.39, 0.29) is 11.3 Å². The summed E-state index contributed by atoms with van der Waals surface area (Å²) in [6.45, 7) is 23.0. The van der Waals surface area contributed by atoms with Crippen LogP contribution < -0.4 is 0 Å². The third kappa shape index (κ3) is 6.23. The molecular weight excluding hydrogens is 404 g/mol. The van der Waals surface area contributed by atoms with Crippen LogP contribution in [-0.2, 0) is 14.9 Å². The van der Waals surface area contributed by atoms with Crippen LogP contribution >= 0.6 is 0 Å². The Bertz CT molecular complexity index is 805. The first-order chi connectivity index (χ1) is 14.2. The molecule has 0 saturated heterocycles. The zero-order chi connectivity index (χ0) is 25.3. The Labute approximate surface area is 194 Å². The second-order valence-corrected chi connectivity index (χ2v) is 12.3. The van der Waals surface area contributed by atoms with Gasteiger partial charge in [-0.3, -0.25) is 14.7 Å². The number of ether oxygens (including phenoxy) is 1. The molecule has 1 unspecified atom stereocenters. The van der Waals surface area contributed by atoms with Gasteiger partial charge in [0.15, 0.2) is 0 Å². The fraction of sp³-hybridized carbons (Fsp3) is 0.731. The lowest BCUT2D eigenvalue weighted by atomic mass is 9.67. The van der Waals surface area contributed by atoms with E-state index < -0.39 is 34.2 Å². The molecule has 1 rings (SSSR count). The molecule has 1 atom stereocenters. The molecule has 0 radical (unpaired) electrons. The summed E-state index contributed by atoms with van der Waals surface area (Å²) in [5.74, 6) is -1.25. The fourth-order valence-corrected chi connectivity index (χ4v) is 4.86. The second kappa shape index (κ2) is 9.03. The molecule has 0 fully saturated rings. The van der Waals surface area contributed by atoms with E-state index in [1.54, 1.807) is 24.9 Å². The van der Waals surface area contributed by atoms with Gasteiger partial charge in [0.2, 0.25) is 0 Å². The van der Waals surface area contributed by atoms with Crippen LogP contribution in [-0.4, -0.2) is 43.7 Å². The molecule has 1 amide bonds. The number of pyridine rings is 1. The van der Waals surface area contributed by atoms with Gasteiger partial charge in [-0.05, 0) is 91.7 Å². The third-order valence-electron chi connectivity index (χ3n) is 6.77. The maximum absolute atomic E-state index is 13.6. The van der Waals surface area contributed by atoms with E-state index in [2.05, 4.69) is 18.8 Å². The molecule has 6 heteroatoms. The second-order valence-electron chi connectivity index (χ2n) is 12.3. The third-order valence-corrected chi connectivity index (χ3v) is 6.77. The molecule has 32 heavy (non-hydrogen) atoms. The average molecular weight is 449 g/mol. The maximum atomic E-state index is 13.6. The highest BCUT2D eigenvalue weighted by Gasteiger charge is 2.52. The summed E-state index contributed by atoms with van der Waals surface area (Å²) in [7, 11) is 0. The number of aliphatic carboxylic acids is 1. The normalized spacial score (nSPS) is 14.6. The van der Waals surface area contributed by atoms with Gasteiger partial charge in [-0.25, -0.2) is 4.79 Å². The number of carbonyl (C=O) groups is 2. The minimum Gasteiger partial charge on any atom is -0.481 e. The Morgan fingerprint density at radius 2 is 1.56 bits per heavy atom. The van der Waals surface area contributed by atoms with Crippen molar-refractivity contribution in [1.82, 2.24) is 9.88 Å². The highest BCUT2D eigenvalue weighted by atomic mass is 16.6. The van der Waals surface area contributed by atoms with Gasteiger partial charge < -0.3 is 9.84 Å². The lowest BCUT2D eigenvalue weighted by Crippen LogP contribution is -2.65. The van der Waals surface area contributed by atoms with Crippen molar-refractivity contribution in [3.63, 3.8) is 0 Å². The summed E-state index contributed by atoms with van der Waals surface area (Å²) in [6.07, 6.45) is 3.79. The number of carboxylic acid groups (broad SMARTS) is 1. The fourth-order valence-electron chi connectivity index (χ4n) is 4.86. The van der Waals surface area contributed by atoms with E-state index in [1.165, 1.54) is 0 Å². The van der Waals surface area contributed by atoms with Gasteiger partial charge >= 0.3 is 12.1 Å². The topological polar surface area (TPSA) is 79.7 Å². The summed E-state index contributed by atoms with van der Waals surface area (Å²) in [5, 5.41) is 9.88. The zero-order valence-corrected chi connectivity index (χ0v) is 22.2. The van der Waals surface area contributed by atoms with Crippen molar-refractivity contribution in [2.75, 3.05) is 0 Å². The van der Waals surface area contributed by atoms with Crippen LogP contribution in [0.15, 0.2) is 24.5 Å². The van der Waals surface area contributed by atoms with Crippen molar-refractivity contribution in [3.05, 3.63) is 30.1 Å². The molecule has 0 aromatic carbocycles. The number of aromatic nitrogens is 1. The summed E-state index contributed by atoms with van der Waals surface area (Å²) >= 11 is 0. The van der Waals surface area contributed by atoms with Crippen molar-refractivity contribution < 1.29 is 19.4 Å². The quantitative estimate of drug-likeness (QED) is 0.505. The molecule has 1 aromatic rings. The van der Waals surface area contributed by atoms with E-state index in [4.69, 9.17) is 4.74 Å². The largest absolute Gasteiger partial charge is 0.481 e. The van der Waals surface area contributed by atoms with Crippen LogP contribution in [0.25, 0.3) is 0 Å². The number of hydrogen-bond acceptors (Lipinski definition) is 4. The van der Waals surface area contributed by atoms with Gasteiger partial charge in [-0.2, -0.15) is 0 Å². The molecule has 1 aromatic heterocycles. The number of rotatable bonds is 8. The highest BCUT2D eigenvalue weighted by Crippen LogP contribution is 2.45. The van der Waals surface area contributed by atoms with E-state index >= 15 is 0 Å². The number of amides is 1. The SMILES string of the molecule is CC(C(C)(C)C(=O)O)C(C)(C)N(C(=O)OC(C)(C)C)C(C)(C)CC(C)(C)c1cccnc1. The van der Waals surface area contributed by atoms with Gasteiger partial charge in [-0.1, -0.05) is 26.8 Å². The Morgan fingerprint density at radius 1 is 1.03 bits per heavy atom. The van der Waals surface area contributed by atoms with E-state index in [0.717, 1.165) is 5.56 Å². The minimum absolute atomic E-state index is 0.278. The monoisotopic (exact) mass is 448 g/mol. The van der Waals surface area contributed by atoms with Gasteiger partial charge in [0.25, 0.3) is 0 Å². The summed E-state index contributed by atoms with van der Waals surface area (Å²) in [4.78, 5) is 31.7. The first-order valence-electron chi connectivity index (χ1n) is 11.3. The van der Waals surface area contributed by atoms with E-state index in [9.17, 15) is 14.7 Å². The van der Waals surface area contributed by atoms with Crippen LogP contribution in [0.5, 0.6) is 0 Å². The predicted octanol–water partition coefficient (Wildman–Crippen LogP) is 6.29. The molecule has 0 aliphatic heterocycles. The number of nitrogens with zero attached hydrogens (tertiary/aromatic N) is 2. The van der Waals surface area contributed by atoms with Crippen molar-refractivity contribution in [1.29, 1.82) is 0 Å². The molecule has 1 heterocycles. The molecule has 0 bridgehead atoms. The van der Waals surface area contributed by atoms with E-state index in [1.807, 2.05) is 73.7 Å². The van der Waals surface area contributed by atoms with Crippen LogP contribution in [0.2, 0.25) is 0 Å². The minimum atomic E-state index is -1.04. The van der Waals surface area contributed by atoms with Crippen LogP contribution in [0.3, 0.4) is 0 Å². The van der Waals surface area contributed by atoms with Gasteiger partial charge in [0.05, 0.1) is 5.41 Å². The standard InChI is InChI=1S/C26H44N2O4/c1-18(25(9,10)20(29)30)26(11,12)28(21(31)32-22(2,3)4)24(7,8)17-23(5,6)19-14-13-15-27-16-19/h13-16,18H,17H2,1-12H3,(H,29,30). The molecule has 0 spiro atoms.